The smallest absolute Gasteiger partial charge is 0.392 e. The summed E-state index contributed by atoms with van der Waals surface area (Å²) < 4.78 is 41.6. The molecule has 0 saturated carbocycles. The maximum Gasteiger partial charge on any atom is 0.392 e. The third-order valence-electron chi connectivity index (χ3n) is 5.62. The Morgan fingerprint density at radius 2 is 1.74 bits per heavy atom. The molecule has 0 radical (unpaired) electrons. The zero-order valence-corrected chi connectivity index (χ0v) is 21.1. The second-order valence-corrected chi connectivity index (χ2v) is 9.70. The van der Waals surface area contributed by atoms with E-state index in [4.69, 9.17) is 23.2 Å². The number of carbonyl (C=O) groups is 1. The number of rotatable bonds is 8. The third kappa shape index (κ3) is 6.68. The Balaban J connectivity index is 1.93. The van der Waals surface area contributed by atoms with E-state index in [2.05, 4.69) is 21.2 Å². The molecule has 9 heteroatoms. The van der Waals surface area contributed by atoms with Crippen molar-refractivity contribution in [2.24, 2.45) is 5.92 Å². The van der Waals surface area contributed by atoms with Crippen LogP contribution in [0.2, 0.25) is 10.0 Å². The van der Waals surface area contributed by atoms with E-state index in [1.807, 2.05) is 0 Å². The van der Waals surface area contributed by atoms with Crippen LogP contribution in [0, 0.1) is 5.92 Å². The van der Waals surface area contributed by atoms with Gasteiger partial charge in [0.05, 0.1) is 23.0 Å². The number of anilines is 1. The minimum atomic E-state index is -4.39. The zero-order chi connectivity index (χ0) is 25.0. The average Bonchev–Trinajstić information content (AvgIpc) is 2.76. The highest BCUT2D eigenvalue weighted by Crippen LogP contribution is 2.39. The summed E-state index contributed by atoms with van der Waals surface area (Å²) in [6.45, 7) is 1.13. The summed E-state index contributed by atoms with van der Waals surface area (Å²) >= 11 is 15.7. The van der Waals surface area contributed by atoms with Crippen LogP contribution in [0.25, 0.3) is 11.1 Å². The fourth-order valence-corrected chi connectivity index (χ4v) is 4.38. The molecule has 3 aromatic rings. The molecule has 0 aliphatic heterocycles. The largest absolute Gasteiger partial charge is 0.481 e. The number of carboxylic acid groups (broad SMARTS) is 1. The summed E-state index contributed by atoms with van der Waals surface area (Å²) in [6, 6.07) is 16.7. The van der Waals surface area contributed by atoms with Crippen molar-refractivity contribution in [2.45, 2.75) is 25.4 Å². The van der Waals surface area contributed by atoms with E-state index in [-0.39, 0.29) is 13.0 Å². The second kappa shape index (κ2) is 11.0. The lowest BCUT2D eigenvalue weighted by Gasteiger charge is -2.27. The van der Waals surface area contributed by atoms with Crippen molar-refractivity contribution in [1.82, 2.24) is 0 Å². The summed E-state index contributed by atoms with van der Waals surface area (Å²) in [6.07, 6.45) is -4.56. The van der Waals surface area contributed by atoms with Crippen molar-refractivity contribution in [3.8, 4) is 11.1 Å². The second-order valence-electron chi connectivity index (χ2n) is 7.94. The van der Waals surface area contributed by atoms with Crippen LogP contribution in [-0.4, -0.2) is 23.8 Å². The Morgan fingerprint density at radius 1 is 1.06 bits per heavy atom. The van der Waals surface area contributed by atoms with Crippen LogP contribution in [-0.2, 0) is 11.2 Å². The zero-order valence-electron chi connectivity index (χ0n) is 18.0. The molecular weight excluding hydrogens is 554 g/mol. The van der Waals surface area contributed by atoms with Crippen LogP contribution in [0.15, 0.2) is 65.1 Å². The Bertz CT molecular complexity index is 1170. The molecule has 0 aliphatic rings. The lowest BCUT2D eigenvalue weighted by molar-refractivity contribution is -0.174. The van der Waals surface area contributed by atoms with Gasteiger partial charge in [-0.1, -0.05) is 70.3 Å². The highest BCUT2D eigenvalue weighted by atomic mass is 79.9. The topological polar surface area (TPSA) is 49.3 Å². The molecule has 34 heavy (non-hydrogen) atoms. The van der Waals surface area contributed by atoms with E-state index in [0.717, 1.165) is 11.4 Å². The number of hydrogen-bond donors (Lipinski definition) is 2. The number of benzene rings is 3. The van der Waals surface area contributed by atoms with Crippen LogP contribution in [0.5, 0.6) is 0 Å². The van der Waals surface area contributed by atoms with Crippen molar-refractivity contribution >= 4 is 50.8 Å². The highest BCUT2D eigenvalue weighted by Gasteiger charge is 2.41. The Kier molecular flexibility index (Phi) is 8.55. The van der Waals surface area contributed by atoms with E-state index in [0.29, 0.717) is 38.0 Å². The summed E-state index contributed by atoms with van der Waals surface area (Å²) in [7, 11) is 0. The predicted molar refractivity (Wildman–Crippen MR) is 134 cm³/mol. The fourth-order valence-electron chi connectivity index (χ4n) is 3.70. The molecule has 0 fully saturated rings. The number of carboxylic acids is 1. The SMILES string of the molecule is C[C@H]([C@H](CNc1cc(-c2cc(Br)ccc2CC(=O)O)ccc1Cl)c1ccc(Cl)cc1)C(F)(F)F. The predicted octanol–water partition coefficient (Wildman–Crippen LogP) is 8.44. The number of halogens is 6. The lowest BCUT2D eigenvalue weighted by Crippen LogP contribution is -2.30. The number of aliphatic carboxylic acids is 1. The van der Waals surface area contributed by atoms with Crippen LogP contribution >= 0.6 is 39.1 Å². The van der Waals surface area contributed by atoms with Gasteiger partial charge in [-0.2, -0.15) is 13.2 Å². The number of nitrogens with one attached hydrogen (secondary N) is 1. The van der Waals surface area contributed by atoms with Crippen molar-refractivity contribution in [2.75, 3.05) is 11.9 Å². The molecule has 0 aromatic heterocycles. The Labute approximate surface area is 214 Å². The van der Waals surface area contributed by atoms with Gasteiger partial charge in [-0.25, -0.2) is 0 Å². The number of hydrogen-bond acceptors (Lipinski definition) is 2. The molecule has 0 bridgehead atoms. The lowest BCUT2D eigenvalue weighted by atomic mass is 9.86. The van der Waals surface area contributed by atoms with Gasteiger partial charge in [0.25, 0.3) is 0 Å². The molecule has 0 unspecified atom stereocenters. The molecule has 2 atom stereocenters. The van der Waals surface area contributed by atoms with Crippen molar-refractivity contribution in [1.29, 1.82) is 0 Å². The summed E-state index contributed by atoms with van der Waals surface area (Å²) in [5, 5.41) is 13.1. The van der Waals surface area contributed by atoms with Crippen LogP contribution in [0.4, 0.5) is 18.9 Å². The molecule has 3 aromatic carbocycles. The van der Waals surface area contributed by atoms with Gasteiger partial charge in [-0.05, 0) is 58.7 Å². The first-order valence-corrected chi connectivity index (χ1v) is 11.9. The molecule has 3 rings (SSSR count). The first-order valence-electron chi connectivity index (χ1n) is 10.3. The van der Waals surface area contributed by atoms with Crippen molar-refractivity contribution in [3.05, 3.63) is 86.3 Å². The maximum absolute atomic E-state index is 13.6. The molecule has 0 amide bonds. The van der Waals surface area contributed by atoms with E-state index >= 15 is 0 Å². The van der Waals surface area contributed by atoms with Gasteiger partial charge < -0.3 is 10.4 Å². The van der Waals surface area contributed by atoms with Crippen molar-refractivity contribution < 1.29 is 23.1 Å². The molecular formula is C25H21BrCl2F3NO2. The molecule has 0 saturated heterocycles. The van der Waals surface area contributed by atoms with E-state index in [9.17, 15) is 23.1 Å². The molecule has 180 valence electrons. The highest BCUT2D eigenvalue weighted by molar-refractivity contribution is 9.10. The van der Waals surface area contributed by atoms with Gasteiger partial charge in [0, 0.05) is 22.0 Å². The molecule has 0 aliphatic carbocycles. The molecule has 3 nitrogen and oxygen atoms in total. The van der Waals surface area contributed by atoms with Gasteiger partial charge in [0.15, 0.2) is 0 Å². The minimum absolute atomic E-state index is 0.0219. The first-order chi connectivity index (χ1) is 16.0. The normalized spacial score (nSPS) is 13.4. The first kappa shape index (κ1) is 26.4. The van der Waals surface area contributed by atoms with E-state index in [1.165, 1.54) is 0 Å². The van der Waals surface area contributed by atoms with Crippen molar-refractivity contribution in [3.63, 3.8) is 0 Å². The average molecular weight is 575 g/mol. The standard InChI is InChI=1S/C25H21BrCl2F3NO2/c1-14(25(29,30)31)21(15-3-7-19(27)8-4-15)13-32-23-10-16(5-9-22(23)28)20-12-18(26)6-2-17(20)11-24(33)34/h2-10,12,14,21,32H,11,13H2,1H3,(H,33,34)/t14-,21+/m1/s1. The summed E-state index contributed by atoms with van der Waals surface area (Å²) in [5.74, 6) is -3.47. The van der Waals surface area contributed by atoms with Gasteiger partial charge in [-0.3, -0.25) is 4.79 Å². The van der Waals surface area contributed by atoms with Gasteiger partial charge in [0.1, 0.15) is 0 Å². The number of alkyl halides is 3. The molecule has 0 heterocycles. The summed E-state index contributed by atoms with van der Waals surface area (Å²) in [5.41, 5.74) is 2.94. The van der Waals surface area contributed by atoms with E-state index in [1.54, 1.807) is 60.7 Å². The van der Waals surface area contributed by atoms with Gasteiger partial charge >= 0.3 is 12.1 Å². The quantitative estimate of drug-likeness (QED) is 0.284. The monoisotopic (exact) mass is 573 g/mol. The maximum atomic E-state index is 13.6. The van der Waals surface area contributed by atoms with Gasteiger partial charge in [-0.15, -0.1) is 0 Å². The Hall–Kier alpha value is -2.22. The van der Waals surface area contributed by atoms with E-state index < -0.39 is 24.0 Å². The third-order valence-corrected chi connectivity index (χ3v) is 6.70. The van der Waals surface area contributed by atoms with Gasteiger partial charge in [0.2, 0.25) is 0 Å². The van der Waals surface area contributed by atoms with Crippen LogP contribution in [0.3, 0.4) is 0 Å². The Morgan fingerprint density at radius 3 is 2.35 bits per heavy atom. The van der Waals surface area contributed by atoms with Crippen LogP contribution in [0.1, 0.15) is 24.0 Å². The minimum Gasteiger partial charge on any atom is -0.481 e. The fraction of sp³-hybridized carbons (Fsp3) is 0.240. The summed E-state index contributed by atoms with van der Waals surface area (Å²) in [4.78, 5) is 11.3. The van der Waals surface area contributed by atoms with Crippen LogP contribution < -0.4 is 5.32 Å². The molecule has 0 spiro atoms. The molecule has 2 N–H and O–H groups in total.